The lowest BCUT2D eigenvalue weighted by molar-refractivity contribution is 0.264. The van der Waals surface area contributed by atoms with Crippen molar-refractivity contribution in [2.45, 2.75) is 25.3 Å². The van der Waals surface area contributed by atoms with Gasteiger partial charge in [0.1, 0.15) is 0 Å². The Bertz CT molecular complexity index is 250. The molecule has 0 radical (unpaired) electrons. The van der Waals surface area contributed by atoms with Crippen molar-refractivity contribution in [1.82, 2.24) is 4.98 Å². The van der Waals surface area contributed by atoms with Gasteiger partial charge in [-0.1, -0.05) is 12.5 Å². The number of halogens is 2. The molecule has 2 nitrogen and oxygen atoms in total. The van der Waals surface area contributed by atoms with Crippen LogP contribution in [0.5, 0.6) is 0 Å². The molecule has 0 saturated heterocycles. The Morgan fingerprint density at radius 3 is 2.50 bits per heavy atom. The first-order chi connectivity index (χ1) is 5.88. The second kappa shape index (κ2) is 6.23. The highest BCUT2D eigenvalue weighted by molar-refractivity contribution is 5.85. The molecule has 1 atom stereocenters. The molecule has 0 aliphatic heterocycles. The Hall–Kier alpha value is -0.310. The van der Waals surface area contributed by atoms with E-state index in [9.17, 15) is 0 Å². The minimum absolute atomic E-state index is 0. The van der Waals surface area contributed by atoms with Crippen LogP contribution in [-0.2, 0) is 0 Å². The zero-order chi connectivity index (χ0) is 8.39. The van der Waals surface area contributed by atoms with Crippen LogP contribution in [0, 0.1) is 5.92 Å². The van der Waals surface area contributed by atoms with Crippen LogP contribution in [0.2, 0.25) is 0 Å². The molecule has 0 unspecified atom stereocenters. The van der Waals surface area contributed by atoms with Gasteiger partial charge in [0.25, 0.3) is 0 Å². The van der Waals surface area contributed by atoms with Gasteiger partial charge < -0.3 is 5.73 Å². The smallest absolute Gasteiger partial charge is 0.0338 e. The van der Waals surface area contributed by atoms with E-state index in [4.69, 9.17) is 5.73 Å². The van der Waals surface area contributed by atoms with Crippen molar-refractivity contribution in [3.8, 4) is 0 Å². The Balaban J connectivity index is 0.000000845. The van der Waals surface area contributed by atoms with E-state index in [1.54, 1.807) is 6.20 Å². The number of hydrogen-bond donors (Lipinski definition) is 1. The Kier molecular flexibility index (Phi) is 6.09. The fraction of sp³-hybridized carbons (Fsp3) is 0.500. The monoisotopic (exact) mass is 234 g/mol. The molecule has 0 aromatic carbocycles. The molecule has 80 valence electrons. The third-order valence-electron chi connectivity index (χ3n) is 2.73. The van der Waals surface area contributed by atoms with Crippen molar-refractivity contribution in [2.75, 3.05) is 0 Å². The standard InChI is InChI=1S/C10H14N2.2ClH/c11-10(8-3-1-4-8)9-5-2-6-12-7-9;;/h2,5-8,10H,1,3-4,11H2;2*1H/t10-;;/m1../s1. The van der Waals surface area contributed by atoms with Gasteiger partial charge in [-0.2, -0.15) is 0 Å². The minimum atomic E-state index is 0. The molecule has 1 fully saturated rings. The van der Waals surface area contributed by atoms with Crippen LogP contribution < -0.4 is 5.73 Å². The van der Waals surface area contributed by atoms with Crippen LogP contribution in [0.15, 0.2) is 24.5 Å². The van der Waals surface area contributed by atoms with E-state index >= 15 is 0 Å². The summed E-state index contributed by atoms with van der Waals surface area (Å²) in [6.45, 7) is 0. The summed E-state index contributed by atoms with van der Waals surface area (Å²) in [7, 11) is 0. The lowest BCUT2D eigenvalue weighted by Gasteiger charge is -2.31. The highest BCUT2D eigenvalue weighted by Gasteiger charge is 2.25. The van der Waals surface area contributed by atoms with Gasteiger partial charge in [-0.3, -0.25) is 4.98 Å². The number of rotatable bonds is 2. The maximum atomic E-state index is 6.06. The van der Waals surface area contributed by atoms with E-state index in [2.05, 4.69) is 11.1 Å². The lowest BCUT2D eigenvalue weighted by atomic mass is 9.78. The highest BCUT2D eigenvalue weighted by Crippen LogP contribution is 2.35. The van der Waals surface area contributed by atoms with Crippen molar-refractivity contribution in [2.24, 2.45) is 11.7 Å². The number of hydrogen-bond acceptors (Lipinski definition) is 2. The van der Waals surface area contributed by atoms with Gasteiger partial charge in [0.15, 0.2) is 0 Å². The van der Waals surface area contributed by atoms with E-state index in [1.165, 1.54) is 24.8 Å². The molecule has 1 aromatic rings. The fourth-order valence-electron chi connectivity index (χ4n) is 1.64. The quantitative estimate of drug-likeness (QED) is 0.855. The van der Waals surface area contributed by atoms with Crippen LogP contribution in [0.4, 0.5) is 0 Å². The van der Waals surface area contributed by atoms with Crippen LogP contribution in [0.25, 0.3) is 0 Å². The molecule has 0 spiro atoms. The predicted molar refractivity (Wildman–Crippen MR) is 63.0 cm³/mol. The van der Waals surface area contributed by atoms with Crippen molar-refractivity contribution in [3.05, 3.63) is 30.1 Å². The van der Waals surface area contributed by atoms with Gasteiger partial charge in [-0.05, 0) is 30.4 Å². The Labute approximate surface area is 97.1 Å². The normalized spacial score (nSPS) is 17.2. The van der Waals surface area contributed by atoms with Crippen LogP contribution >= 0.6 is 24.8 Å². The topological polar surface area (TPSA) is 38.9 Å². The molecular weight excluding hydrogens is 219 g/mol. The number of aromatic nitrogens is 1. The highest BCUT2D eigenvalue weighted by atomic mass is 35.5. The summed E-state index contributed by atoms with van der Waals surface area (Å²) in [5.74, 6) is 0.703. The van der Waals surface area contributed by atoms with Crippen LogP contribution in [0.3, 0.4) is 0 Å². The van der Waals surface area contributed by atoms with Crippen molar-refractivity contribution < 1.29 is 0 Å². The number of nitrogens with zero attached hydrogens (tertiary/aromatic N) is 1. The van der Waals surface area contributed by atoms with Gasteiger partial charge in [0.2, 0.25) is 0 Å². The zero-order valence-electron chi connectivity index (χ0n) is 7.93. The zero-order valence-corrected chi connectivity index (χ0v) is 9.56. The lowest BCUT2D eigenvalue weighted by Crippen LogP contribution is -2.26. The summed E-state index contributed by atoms with van der Waals surface area (Å²) in [5.41, 5.74) is 7.24. The third-order valence-corrected chi connectivity index (χ3v) is 2.73. The van der Waals surface area contributed by atoms with Crippen molar-refractivity contribution >= 4 is 24.8 Å². The summed E-state index contributed by atoms with van der Waals surface area (Å²) in [6.07, 6.45) is 7.59. The number of nitrogens with two attached hydrogens (primary N) is 1. The molecule has 1 aromatic heterocycles. The van der Waals surface area contributed by atoms with E-state index in [1.807, 2.05) is 12.3 Å². The van der Waals surface area contributed by atoms with Gasteiger partial charge in [0, 0.05) is 18.4 Å². The molecule has 0 bridgehead atoms. The largest absolute Gasteiger partial charge is 0.324 e. The average Bonchev–Trinajstić information content (AvgIpc) is 2.03. The maximum absolute atomic E-state index is 6.06. The third kappa shape index (κ3) is 2.84. The van der Waals surface area contributed by atoms with Crippen molar-refractivity contribution in [1.29, 1.82) is 0 Å². The second-order valence-electron chi connectivity index (χ2n) is 3.50. The van der Waals surface area contributed by atoms with E-state index in [-0.39, 0.29) is 30.9 Å². The molecule has 1 saturated carbocycles. The molecule has 4 heteroatoms. The van der Waals surface area contributed by atoms with E-state index in [0.717, 1.165) is 0 Å². The summed E-state index contributed by atoms with van der Waals surface area (Å²) in [4.78, 5) is 4.07. The molecular formula is C10H16Cl2N2. The Morgan fingerprint density at radius 2 is 2.07 bits per heavy atom. The average molecular weight is 235 g/mol. The Morgan fingerprint density at radius 1 is 1.36 bits per heavy atom. The first kappa shape index (κ1) is 13.7. The molecule has 2 N–H and O–H groups in total. The van der Waals surface area contributed by atoms with Gasteiger partial charge in [-0.15, -0.1) is 24.8 Å². The van der Waals surface area contributed by atoms with E-state index in [0.29, 0.717) is 5.92 Å². The second-order valence-corrected chi connectivity index (χ2v) is 3.50. The summed E-state index contributed by atoms with van der Waals surface area (Å²) < 4.78 is 0. The van der Waals surface area contributed by atoms with Crippen LogP contribution in [0.1, 0.15) is 30.9 Å². The molecule has 1 heterocycles. The fourth-order valence-corrected chi connectivity index (χ4v) is 1.64. The molecule has 1 aliphatic carbocycles. The van der Waals surface area contributed by atoms with Crippen molar-refractivity contribution in [3.63, 3.8) is 0 Å². The molecule has 0 amide bonds. The van der Waals surface area contributed by atoms with E-state index < -0.39 is 0 Å². The predicted octanol–water partition coefficient (Wildman–Crippen LogP) is 2.73. The first-order valence-corrected chi connectivity index (χ1v) is 4.53. The maximum Gasteiger partial charge on any atom is 0.0338 e. The summed E-state index contributed by atoms with van der Waals surface area (Å²) >= 11 is 0. The molecule has 2 rings (SSSR count). The van der Waals surface area contributed by atoms with Gasteiger partial charge in [0.05, 0.1) is 0 Å². The summed E-state index contributed by atoms with van der Waals surface area (Å²) in [6, 6.07) is 4.23. The van der Waals surface area contributed by atoms with Gasteiger partial charge in [-0.25, -0.2) is 0 Å². The molecule has 1 aliphatic rings. The molecule has 14 heavy (non-hydrogen) atoms. The first-order valence-electron chi connectivity index (χ1n) is 4.53. The number of pyridine rings is 1. The van der Waals surface area contributed by atoms with Crippen LogP contribution in [-0.4, -0.2) is 4.98 Å². The van der Waals surface area contributed by atoms with Gasteiger partial charge >= 0.3 is 0 Å². The minimum Gasteiger partial charge on any atom is -0.324 e. The SMILES string of the molecule is Cl.Cl.N[C@@H](c1cccnc1)C1CCC1. The summed E-state index contributed by atoms with van der Waals surface area (Å²) in [5, 5.41) is 0.